The van der Waals surface area contributed by atoms with Crippen molar-refractivity contribution in [1.29, 1.82) is 0 Å². The number of alkyl halides is 5. The van der Waals surface area contributed by atoms with E-state index in [2.05, 4.69) is 19.7 Å². The molecule has 0 amide bonds. The summed E-state index contributed by atoms with van der Waals surface area (Å²) in [4.78, 5) is 11.4. The molecule has 1 aromatic carbocycles. The molecule has 0 spiro atoms. The van der Waals surface area contributed by atoms with Gasteiger partial charge in [0, 0.05) is 11.8 Å². The average Bonchev–Trinajstić information content (AvgIpc) is 2.77. The summed E-state index contributed by atoms with van der Waals surface area (Å²) in [5.74, 6) is -6.47. The first-order chi connectivity index (χ1) is 15.3. The van der Waals surface area contributed by atoms with Crippen LogP contribution in [-0.2, 0) is 9.84 Å². The summed E-state index contributed by atoms with van der Waals surface area (Å²) in [6.45, 7) is -0.586. The second-order valence-electron chi connectivity index (χ2n) is 6.71. The van der Waals surface area contributed by atoms with Gasteiger partial charge in [0.15, 0.2) is 16.4 Å². The number of benzene rings is 1. The highest BCUT2D eigenvalue weighted by atomic mass is 32.2. The third-order valence-corrected chi connectivity index (χ3v) is 6.17. The minimum Gasteiger partial charge on any atom is -0.470 e. The lowest BCUT2D eigenvalue weighted by Crippen LogP contribution is -2.41. The number of hydrogen-bond donors (Lipinski definition) is 0. The Morgan fingerprint density at radius 3 is 2.12 bits per heavy atom. The maximum absolute atomic E-state index is 13.2. The Bertz CT molecular complexity index is 1230. The summed E-state index contributed by atoms with van der Waals surface area (Å²) >= 11 is 0. The molecule has 3 rings (SSSR count). The largest absolute Gasteiger partial charge is 0.470 e. The number of ether oxygens (including phenoxy) is 1. The van der Waals surface area contributed by atoms with E-state index >= 15 is 0 Å². The van der Waals surface area contributed by atoms with Gasteiger partial charge in [-0.2, -0.15) is 22.0 Å². The molecule has 176 valence electrons. The first-order valence-corrected chi connectivity index (χ1v) is 10.9. The molecule has 0 atom stereocenters. The number of aromatic nitrogens is 3. The molecule has 0 aliphatic rings. The van der Waals surface area contributed by atoms with E-state index < -0.39 is 40.2 Å². The smallest absolute Gasteiger partial charge is 0.456 e. The quantitative estimate of drug-likeness (QED) is 0.445. The van der Waals surface area contributed by atoms with Crippen molar-refractivity contribution in [3.8, 4) is 28.4 Å². The zero-order chi connectivity index (χ0) is 24.4. The summed E-state index contributed by atoms with van der Waals surface area (Å²) in [6, 6.07) is 6.60. The highest BCUT2D eigenvalue weighted by Crippen LogP contribution is 2.36. The number of sulfone groups is 1. The van der Waals surface area contributed by atoms with Crippen molar-refractivity contribution in [3.63, 3.8) is 0 Å². The van der Waals surface area contributed by atoms with Crippen molar-refractivity contribution in [2.45, 2.75) is 23.9 Å². The molecule has 2 heterocycles. The summed E-state index contributed by atoms with van der Waals surface area (Å²) in [5, 5.41) is 0. The maximum atomic E-state index is 13.2. The predicted molar refractivity (Wildman–Crippen MR) is 105 cm³/mol. The third-order valence-electron chi connectivity index (χ3n) is 4.43. The second-order valence-corrected chi connectivity index (χ2v) is 8.96. The van der Waals surface area contributed by atoms with E-state index in [-0.39, 0.29) is 22.0 Å². The van der Waals surface area contributed by atoms with Crippen molar-refractivity contribution in [1.82, 2.24) is 15.0 Å². The summed E-state index contributed by atoms with van der Waals surface area (Å²) in [5.41, 5.74) is 0.696. The standard InChI is InChI=1S/C20H15F6N3O3S/c1-2-33(30,31)16-7-13(12-3-5-14(21)6-4-12)8-29-18(16)15-9-28-17(10-27-15)32-11-19(22,23)20(24,25)26/h3-10H,2,11H2,1H3. The van der Waals surface area contributed by atoms with Crippen LogP contribution in [0.25, 0.3) is 22.5 Å². The Kier molecular flexibility index (Phi) is 6.63. The molecule has 13 heteroatoms. The molecular weight excluding hydrogens is 476 g/mol. The van der Waals surface area contributed by atoms with Gasteiger partial charge in [-0.15, -0.1) is 0 Å². The molecule has 0 saturated carbocycles. The first-order valence-electron chi connectivity index (χ1n) is 9.22. The van der Waals surface area contributed by atoms with Crippen LogP contribution in [0.3, 0.4) is 0 Å². The normalized spacial score (nSPS) is 12.6. The van der Waals surface area contributed by atoms with Gasteiger partial charge >= 0.3 is 12.1 Å². The van der Waals surface area contributed by atoms with Crippen LogP contribution in [0.15, 0.2) is 53.8 Å². The molecule has 0 fully saturated rings. The zero-order valence-corrected chi connectivity index (χ0v) is 17.6. The van der Waals surface area contributed by atoms with Gasteiger partial charge in [0.25, 0.3) is 0 Å². The highest BCUT2D eigenvalue weighted by molar-refractivity contribution is 7.91. The lowest BCUT2D eigenvalue weighted by atomic mass is 10.1. The lowest BCUT2D eigenvalue weighted by molar-refractivity contribution is -0.290. The number of rotatable bonds is 7. The Morgan fingerprint density at radius 1 is 0.909 bits per heavy atom. The van der Waals surface area contributed by atoms with Crippen LogP contribution in [0.1, 0.15) is 6.92 Å². The van der Waals surface area contributed by atoms with E-state index in [1.807, 2.05) is 0 Å². The maximum Gasteiger partial charge on any atom is 0.456 e. The van der Waals surface area contributed by atoms with Gasteiger partial charge < -0.3 is 4.74 Å². The molecule has 0 aliphatic carbocycles. The molecule has 0 aliphatic heterocycles. The van der Waals surface area contributed by atoms with Crippen molar-refractivity contribution in [2.75, 3.05) is 12.4 Å². The first kappa shape index (κ1) is 24.4. The number of pyridine rings is 1. The van der Waals surface area contributed by atoms with Gasteiger partial charge in [-0.3, -0.25) is 4.98 Å². The lowest BCUT2D eigenvalue weighted by Gasteiger charge is -2.19. The predicted octanol–water partition coefficient (Wildman–Crippen LogP) is 4.71. The van der Waals surface area contributed by atoms with E-state index in [9.17, 15) is 34.8 Å². The minimum absolute atomic E-state index is 0.0809. The van der Waals surface area contributed by atoms with Crippen LogP contribution in [0.2, 0.25) is 0 Å². The van der Waals surface area contributed by atoms with Crippen LogP contribution >= 0.6 is 0 Å². The SMILES string of the molecule is CCS(=O)(=O)c1cc(-c2ccc(F)cc2)cnc1-c1cnc(OCC(F)(F)C(F)(F)F)cn1. The van der Waals surface area contributed by atoms with Gasteiger partial charge in [0.1, 0.15) is 17.2 Å². The van der Waals surface area contributed by atoms with Crippen LogP contribution in [0.4, 0.5) is 26.3 Å². The second kappa shape index (κ2) is 8.96. The molecule has 6 nitrogen and oxygen atoms in total. The fourth-order valence-corrected chi connectivity index (χ4v) is 3.66. The van der Waals surface area contributed by atoms with E-state index in [1.54, 1.807) is 0 Å². The Hall–Kier alpha value is -3.22. The molecule has 2 aromatic heterocycles. The van der Waals surface area contributed by atoms with Crippen molar-refractivity contribution in [2.24, 2.45) is 0 Å². The Labute approximate surface area is 184 Å². The fourth-order valence-electron chi connectivity index (χ4n) is 2.59. The van der Waals surface area contributed by atoms with Crippen LogP contribution < -0.4 is 4.74 Å². The van der Waals surface area contributed by atoms with Crippen LogP contribution in [-0.4, -0.2) is 47.8 Å². The van der Waals surface area contributed by atoms with Crippen molar-refractivity contribution >= 4 is 9.84 Å². The van der Waals surface area contributed by atoms with E-state index in [0.29, 0.717) is 11.1 Å². The average molecular weight is 491 g/mol. The minimum atomic E-state index is -5.79. The molecule has 0 unspecified atom stereocenters. The highest BCUT2D eigenvalue weighted by Gasteiger charge is 2.58. The molecule has 3 aromatic rings. The monoisotopic (exact) mass is 491 g/mol. The third kappa shape index (κ3) is 5.41. The Balaban J connectivity index is 1.94. The van der Waals surface area contributed by atoms with Crippen LogP contribution in [0, 0.1) is 5.82 Å². The molecular formula is C20H15F6N3O3S. The number of hydrogen-bond acceptors (Lipinski definition) is 6. The van der Waals surface area contributed by atoms with Gasteiger partial charge in [-0.1, -0.05) is 19.1 Å². The van der Waals surface area contributed by atoms with E-state index in [0.717, 1.165) is 12.4 Å². The summed E-state index contributed by atoms with van der Waals surface area (Å²) < 4.78 is 106. The summed E-state index contributed by atoms with van der Waals surface area (Å²) in [7, 11) is -3.83. The van der Waals surface area contributed by atoms with Gasteiger partial charge in [0.2, 0.25) is 5.88 Å². The molecule has 0 bridgehead atoms. The summed E-state index contributed by atoms with van der Waals surface area (Å²) in [6.07, 6.45) is -2.75. The van der Waals surface area contributed by atoms with E-state index in [4.69, 9.17) is 0 Å². The Morgan fingerprint density at radius 2 is 1.58 bits per heavy atom. The molecule has 33 heavy (non-hydrogen) atoms. The molecule has 0 N–H and O–H groups in total. The molecule has 0 radical (unpaired) electrons. The van der Waals surface area contributed by atoms with Crippen molar-refractivity contribution < 1.29 is 39.5 Å². The number of nitrogens with zero attached hydrogens (tertiary/aromatic N) is 3. The molecule has 0 saturated heterocycles. The fraction of sp³-hybridized carbons (Fsp3) is 0.250. The topological polar surface area (TPSA) is 82.0 Å². The zero-order valence-electron chi connectivity index (χ0n) is 16.8. The van der Waals surface area contributed by atoms with Gasteiger partial charge in [-0.05, 0) is 23.8 Å². The van der Waals surface area contributed by atoms with Gasteiger partial charge in [-0.25, -0.2) is 22.8 Å². The van der Waals surface area contributed by atoms with Gasteiger partial charge in [0.05, 0.1) is 23.0 Å². The van der Waals surface area contributed by atoms with Crippen LogP contribution in [0.5, 0.6) is 5.88 Å². The number of halogens is 6. The van der Waals surface area contributed by atoms with E-state index in [1.165, 1.54) is 43.5 Å². The van der Waals surface area contributed by atoms with Crippen molar-refractivity contribution in [3.05, 3.63) is 54.7 Å².